The molecule has 1 aromatic carbocycles. The highest BCUT2D eigenvalue weighted by molar-refractivity contribution is 5.73. The van der Waals surface area contributed by atoms with Gasteiger partial charge in [0, 0.05) is 0 Å². The van der Waals surface area contributed by atoms with E-state index < -0.39 is 12.1 Å². The Kier molecular flexibility index (Phi) is 3.42. The number of hydrogen-bond donors (Lipinski definition) is 1. The van der Waals surface area contributed by atoms with Crippen molar-refractivity contribution in [2.75, 3.05) is 7.11 Å². The number of rotatable bonds is 3. The molecule has 0 bridgehead atoms. The fourth-order valence-electron chi connectivity index (χ4n) is 2.30. The molecule has 2 rings (SSSR count). The number of aldehydes is 1. The van der Waals surface area contributed by atoms with Crippen molar-refractivity contribution in [1.29, 1.82) is 0 Å². The summed E-state index contributed by atoms with van der Waals surface area (Å²) >= 11 is 0. The van der Waals surface area contributed by atoms with Gasteiger partial charge in [0.15, 0.2) is 0 Å². The number of alkyl carbamates (subject to hydrolysis) is 1. The van der Waals surface area contributed by atoms with Crippen LogP contribution in [0.3, 0.4) is 0 Å². The minimum atomic E-state index is -0.557. The summed E-state index contributed by atoms with van der Waals surface area (Å²) in [6.45, 7) is 0. The van der Waals surface area contributed by atoms with Crippen LogP contribution in [0.15, 0.2) is 24.3 Å². The molecule has 1 aliphatic carbocycles. The first-order valence-corrected chi connectivity index (χ1v) is 5.61. The quantitative estimate of drug-likeness (QED) is 0.801. The Bertz CT molecular complexity index is 405. The smallest absolute Gasteiger partial charge is 0.407 e. The lowest BCUT2D eigenvalue weighted by molar-refractivity contribution is -0.110. The van der Waals surface area contributed by atoms with Gasteiger partial charge in [-0.1, -0.05) is 24.3 Å². The van der Waals surface area contributed by atoms with Crippen LogP contribution < -0.4 is 5.32 Å². The predicted octanol–water partition coefficient (Wildman–Crippen LogP) is 1.32. The average Bonchev–Trinajstić information content (AvgIpc) is 2.78. The van der Waals surface area contributed by atoms with Crippen molar-refractivity contribution in [3.8, 4) is 0 Å². The highest BCUT2D eigenvalue weighted by Crippen LogP contribution is 2.28. The fraction of sp³-hybridized carbons (Fsp3) is 0.385. The molecule has 4 nitrogen and oxygen atoms in total. The van der Waals surface area contributed by atoms with Crippen molar-refractivity contribution in [2.24, 2.45) is 5.92 Å². The molecule has 0 aliphatic heterocycles. The zero-order chi connectivity index (χ0) is 12.3. The molecular formula is C13H15NO3. The minimum Gasteiger partial charge on any atom is -0.453 e. The number of hydrogen-bond acceptors (Lipinski definition) is 3. The van der Waals surface area contributed by atoms with E-state index in [1.807, 2.05) is 12.1 Å². The maximum atomic E-state index is 11.1. The van der Waals surface area contributed by atoms with Gasteiger partial charge in [0.25, 0.3) is 0 Å². The van der Waals surface area contributed by atoms with Crippen LogP contribution in [0.4, 0.5) is 4.79 Å². The molecule has 90 valence electrons. The van der Waals surface area contributed by atoms with E-state index >= 15 is 0 Å². The largest absolute Gasteiger partial charge is 0.453 e. The predicted molar refractivity (Wildman–Crippen MR) is 62.7 cm³/mol. The van der Waals surface area contributed by atoms with Crippen LogP contribution in [-0.4, -0.2) is 25.5 Å². The number of carbonyl (C=O) groups excluding carboxylic acids is 2. The summed E-state index contributed by atoms with van der Waals surface area (Å²) in [5.74, 6) is 0.129. The Morgan fingerprint density at radius 3 is 2.47 bits per heavy atom. The van der Waals surface area contributed by atoms with Gasteiger partial charge in [-0.3, -0.25) is 0 Å². The lowest BCUT2D eigenvalue weighted by Gasteiger charge is -2.18. The first kappa shape index (κ1) is 11.6. The average molecular weight is 233 g/mol. The Morgan fingerprint density at radius 1 is 1.41 bits per heavy atom. The molecule has 0 saturated heterocycles. The zero-order valence-electron chi connectivity index (χ0n) is 9.68. The van der Waals surface area contributed by atoms with Crippen LogP contribution in [0.2, 0.25) is 0 Å². The van der Waals surface area contributed by atoms with Crippen molar-refractivity contribution >= 4 is 12.4 Å². The number of fused-ring (bicyclic) bond motifs is 1. The number of nitrogens with one attached hydrogen (secondary N) is 1. The highest BCUT2D eigenvalue weighted by atomic mass is 16.5. The van der Waals surface area contributed by atoms with Crippen LogP contribution in [0.1, 0.15) is 11.1 Å². The molecule has 17 heavy (non-hydrogen) atoms. The van der Waals surface area contributed by atoms with Crippen molar-refractivity contribution in [3.05, 3.63) is 35.4 Å². The molecule has 0 saturated carbocycles. The zero-order valence-corrected chi connectivity index (χ0v) is 9.68. The maximum Gasteiger partial charge on any atom is 0.407 e. The third kappa shape index (κ3) is 2.46. The Hall–Kier alpha value is -1.84. The molecule has 0 radical (unpaired) electrons. The molecule has 0 heterocycles. The van der Waals surface area contributed by atoms with Gasteiger partial charge >= 0.3 is 6.09 Å². The Balaban J connectivity index is 2.05. The number of carbonyl (C=O) groups is 2. The monoisotopic (exact) mass is 233 g/mol. The van der Waals surface area contributed by atoms with Gasteiger partial charge in [-0.15, -0.1) is 0 Å². The van der Waals surface area contributed by atoms with Crippen LogP contribution in [0.5, 0.6) is 0 Å². The van der Waals surface area contributed by atoms with E-state index in [0.717, 1.165) is 19.1 Å². The number of benzene rings is 1. The second-order valence-electron chi connectivity index (χ2n) is 4.23. The standard InChI is InChI=1S/C13H15NO3/c1-17-13(16)14-12(8-15)11-6-9-4-2-3-5-10(9)7-11/h2-5,8,11-12H,6-7H2,1H3,(H,14,16). The summed E-state index contributed by atoms with van der Waals surface area (Å²) < 4.78 is 4.51. The summed E-state index contributed by atoms with van der Waals surface area (Å²) in [7, 11) is 1.29. The summed E-state index contributed by atoms with van der Waals surface area (Å²) in [6, 6.07) is 7.63. The highest BCUT2D eigenvalue weighted by Gasteiger charge is 2.29. The first-order chi connectivity index (χ1) is 8.24. The van der Waals surface area contributed by atoms with Crippen molar-refractivity contribution in [2.45, 2.75) is 18.9 Å². The molecule has 1 amide bonds. The Morgan fingerprint density at radius 2 is 2.00 bits per heavy atom. The van der Waals surface area contributed by atoms with E-state index in [0.29, 0.717) is 0 Å². The molecule has 1 aromatic rings. The van der Waals surface area contributed by atoms with E-state index in [1.54, 1.807) is 0 Å². The van der Waals surface area contributed by atoms with E-state index in [2.05, 4.69) is 22.2 Å². The first-order valence-electron chi connectivity index (χ1n) is 5.61. The second-order valence-corrected chi connectivity index (χ2v) is 4.23. The van der Waals surface area contributed by atoms with Crippen LogP contribution in [-0.2, 0) is 22.4 Å². The number of methoxy groups -OCH3 is 1. The second kappa shape index (κ2) is 4.99. The summed E-state index contributed by atoms with van der Waals surface area (Å²) in [6.07, 6.45) is 1.87. The normalized spacial score (nSPS) is 16.1. The minimum absolute atomic E-state index is 0.129. The van der Waals surface area contributed by atoms with E-state index in [-0.39, 0.29) is 5.92 Å². The maximum absolute atomic E-state index is 11.1. The van der Waals surface area contributed by atoms with Gasteiger partial charge in [-0.2, -0.15) is 0 Å². The Labute approximate surface area is 100.0 Å². The third-order valence-corrected chi connectivity index (χ3v) is 3.21. The SMILES string of the molecule is COC(=O)NC(C=O)C1Cc2ccccc2C1. The van der Waals surface area contributed by atoms with Crippen LogP contribution in [0, 0.1) is 5.92 Å². The molecule has 1 N–H and O–H groups in total. The van der Waals surface area contributed by atoms with Crippen molar-refractivity contribution in [3.63, 3.8) is 0 Å². The van der Waals surface area contributed by atoms with Crippen LogP contribution in [0.25, 0.3) is 0 Å². The molecule has 0 spiro atoms. The lowest BCUT2D eigenvalue weighted by Crippen LogP contribution is -2.41. The molecule has 1 atom stereocenters. The van der Waals surface area contributed by atoms with E-state index in [4.69, 9.17) is 0 Å². The topological polar surface area (TPSA) is 55.4 Å². The van der Waals surface area contributed by atoms with Gasteiger partial charge in [-0.25, -0.2) is 4.79 Å². The number of amides is 1. The summed E-state index contributed by atoms with van der Waals surface area (Å²) in [5.41, 5.74) is 2.52. The molecule has 4 heteroatoms. The van der Waals surface area contributed by atoms with Gasteiger partial charge in [0.05, 0.1) is 13.2 Å². The van der Waals surface area contributed by atoms with E-state index in [1.165, 1.54) is 18.2 Å². The molecule has 0 aromatic heterocycles. The van der Waals surface area contributed by atoms with E-state index in [9.17, 15) is 9.59 Å². The van der Waals surface area contributed by atoms with Crippen molar-refractivity contribution in [1.82, 2.24) is 5.32 Å². The fourth-order valence-corrected chi connectivity index (χ4v) is 2.30. The third-order valence-electron chi connectivity index (χ3n) is 3.21. The van der Waals surface area contributed by atoms with Crippen molar-refractivity contribution < 1.29 is 14.3 Å². The summed E-state index contributed by atoms with van der Waals surface area (Å²) in [4.78, 5) is 22.1. The van der Waals surface area contributed by atoms with Gasteiger partial charge in [0.1, 0.15) is 6.29 Å². The lowest BCUT2D eigenvalue weighted by atomic mass is 9.98. The molecular weight excluding hydrogens is 218 g/mol. The molecule has 1 aliphatic rings. The van der Waals surface area contributed by atoms with Gasteiger partial charge in [-0.05, 0) is 29.9 Å². The molecule has 0 fully saturated rings. The molecule has 1 unspecified atom stereocenters. The van der Waals surface area contributed by atoms with Gasteiger partial charge in [0.2, 0.25) is 0 Å². The van der Waals surface area contributed by atoms with Crippen LogP contribution >= 0.6 is 0 Å². The van der Waals surface area contributed by atoms with Gasteiger partial charge < -0.3 is 14.8 Å². The number of ether oxygens (including phenoxy) is 1. The summed E-state index contributed by atoms with van der Waals surface area (Å²) in [5, 5.41) is 2.56.